The molecule has 0 bridgehead atoms. The van der Waals surface area contributed by atoms with Crippen LogP contribution in [0.2, 0.25) is 5.15 Å². The first-order valence-electron chi connectivity index (χ1n) is 9.44. The highest BCUT2D eigenvalue weighted by Crippen LogP contribution is 2.26. The Hall–Kier alpha value is -4.04. The summed E-state index contributed by atoms with van der Waals surface area (Å²) in [6.07, 6.45) is 1.58. The molecule has 0 aromatic carbocycles. The van der Waals surface area contributed by atoms with Crippen LogP contribution in [0.4, 0.5) is 16.3 Å². The lowest BCUT2D eigenvalue weighted by molar-refractivity contribution is -0.117. The Balaban J connectivity index is 1.72. The molecule has 3 aromatic rings. The van der Waals surface area contributed by atoms with Crippen LogP contribution in [0.15, 0.2) is 36.7 Å². The number of carbonyl (C=O) groups is 2. The van der Waals surface area contributed by atoms with E-state index in [9.17, 15) is 9.59 Å². The largest absolute Gasteiger partial charge is 0.441 e. The number of nitrogens with zero attached hydrogens (tertiary/aromatic N) is 6. The van der Waals surface area contributed by atoms with Crippen LogP contribution in [0.25, 0.3) is 11.4 Å². The zero-order valence-electron chi connectivity index (χ0n) is 17.4. The van der Waals surface area contributed by atoms with Crippen LogP contribution in [0.3, 0.4) is 0 Å². The lowest BCUT2D eigenvalue weighted by Gasteiger charge is -2.15. The first-order chi connectivity index (χ1) is 15.3. The number of nitriles is 1. The number of amides is 2. The molecule has 11 nitrogen and oxygen atoms in total. The van der Waals surface area contributed by atoms with Gasteiger partial charge in [-0.3, -0.25) is 15.1 Å². The SMILES string of the molecule is C[C@@H](C#N)C(=O)Nc1ccc(-c2nnn(C)c2NC(=O)O[C@H](C)c2cccnc2Cl)nc1. The van der Waals surface area contributed by atoms with Crippen molar-refractivity contribution in [1.29, 1.82) is 5.26 Å². The van der Waals surface area contributed by atoms with Gasteiger partial charge in [0.15, 0.2) is 11.5 Å². The van der Waals surface area contributed by atoms with Crippen LogP contribution >= 0.6 is 11.6 Å². The third-order valence-corrected chi connectivity index (χ3v) is 4.73. The zero-order valence-corrected chi connectivity index (χ0v) is 18.2. The molecule has 0 aliphatic rings. The van der Waals surface area contributed by atoms with E-state index in [1.165, 1.54) is 17.8 Å². The molecule has 0 aliphatic heterocycles. The van der Waals surface area contributed by atoms with Gasteiger partial charge in [0.2, 0.25) is 5.91 Å². The van der Waals surface area contributed by atoms with E-state index in [2.05, 4.69) is 30.9 Å². The Morgan fingerprint density at radius 3 is 2.66 bits per heavy atom. The molecule has 32 heavy (non-hydrogen) atoms. The molecule has 2 amide bonds. The number of carbonyl (C=O) groups excluding carboxylic acids is 2. The van der Waals surface area contributed by atoms with Crippen LogP contribution in [0.1, 0.15) is 25.5 Å². The topological polar surface area (TPSA) is 148 Å². The fourth-order valence-corrected chi connectivity index (χ4v) is 2.91. The normalized spacial score (nSPS) is 12.3. The molecule has 0 unspecified atom stereocenters. The zero-order chi connectivity index (χ0) is 23.3. The maximum atomic E-state index is 12.4. The number of hydrogen-bond donors (Lipinski definition) is 2. The number of ether oxygens (including phenoxy) is 1. The Bertz CT molecular complexity index is 1170. The Labute approximate surface area is 188 Å². The fourth-order valence-electron chi connectivity index (χ4n) is 2.64. The third kappa shape index (κ3) is 5.16. The van der Waals surface area contributed by atoms with Gasteiger partial charge in [-0.2, -0.15) is 5.26 Å². The van der Waals surface area contributed by atoms with Crippen molar-refractivity contribution < 1.29 is 14.3 Å². The van der Waals surface area contributed by atoms with Gasteiger partial charge >= 0.3 is 6.09 Å². The second-order valence-corrected chi connectivity index (χ2v) is 7.10. The molecule has 164 valence electrons. The van der Waals surface area contributed by atoms with E-state index in [4.69, 9.17) is 21.6 Å². The number of halogens is 1. The predicted octanol–water partition coefficient (Wildman–Crippen LogP) is 3.33. The molecule has 2 atom stereocenters. The average molecular weight is 455 g/mol. The van der Waals surface area contributed by atoms with Crippen molar-refractivity contribution in [2.75, 3.05) is 10.6 Å². The Morgan fingerprint density at radius 2 is 2.00 bits per heavy atom. The highest BCUT2D eigenvalue weighted by atomic mass is 35.5. The van der Waals surface area contributed by atoms with E-state index in [-0.39, 0.29) is 11.0 Å². The molecule has 0 spiro atoms. The molecule has 3 heterocycles. The van der Waals surface area contributed by atoms with Crippen LogP contribution < -0.4 is 10.6 Å². The number of pyridine rings is 2. The summed E-state index contributed by atoms with van der Waals surface area (Å²) in [5, 5.41) is 22.2. The van der Waals surface area contributed by atoms with Crippen molar-refractivity contribution in [2.45, 2.75) is 20.0 Å². The van der Waals surface area contributed by atoms with Crippen molar-refractivity contribution in [3.05, 3.63) is 47.4 Å². The number of nitrogens with one attached hydrogen (secondary N) is 2. The summed E-state index contributed by atoms with van der Waals surface area (Å²) in [5.41, 5.74) is 1.70. The highest BCUT2D eigenvalue weighted by molar-refractivity contribution is 6.30. The minimum absolute atomic E-state index is 0.247. The maximum Gasteiger partial charge on any atom is 0.413 e. The van der Waals surface area contributed by atoms with Crippen LogP contribution in [-0.4, -0.2) is 37.0 Å². The van der Waals surface area contributed by atoms with Crippen molar-refractivity contribution in [3.63, 3.8) is 0 Å². The molecule has 0 radical (unpaired) electrons. The molecule has 12 heteroatoms. The van der Waals surface area contributed by atoms with Gasteiger partial charge in [0, 0.05) is 18.8 Å². The van der Waals surface area contributed by atoms with Gasteiger partial charge in [-0.05, 0) is 32.0 Å². The molecule has 0 fully saturated rings. The fraction of sp³-hybridized carbons (Fsp3) is 0.250. The van der Waals surface area contributed by atoms with Crippen molar-refractivity contribution in [1.82, 2.24) is 25.0 Å². The first kappa shape index (κ1) is 22.6. The van der Waals surface area contributed by atoms with E-state index >= 15 is 0 Å². The molecule has 0 aliphatic carbocycles. The van der Waals surface area contributed by atoms with Crippen LogP contribution in [-0.2, 0) is 16.6 Å². The van der Waals surface area contributed by atoms with Gasteiger partial charge in [0.05, 0.1) is 23.6 Å². The summed E-state index contributed by atoms with van der Waals surface area (Å²) in [7, 11) is 1.60. The standard InChI is InChI=1S/C20H19ClN8O3/c1-11(9-22)19(30)25-13-6-7-15(24-10-13)16-18(29(3)28-27-16)26-20(31)32-12(2)14-5-4-8-23-17(14)21/h4-8,10-12H,1-3H3,(H,25,30)(H,26,31)/t11-,12+/m0/s1. The number of aryl methyl sites for hydroxylation is 1. The number of rotatable bonds is 6. The van der Waals surface area contributed by atoms with Crippen LogP contribution in [0, 0.1) is 17.2 Å². The van der Waals surface area contributed by atoms with E-state index in [1.807, 2.05) is 6.07 Å². The van der Waals surface area contributed by atoms with Crippen molar-refractivity contribution in [3.8, 4) is 17.5 Å². The molecule has 3 aromatic heterocycles. The maximum absolute atomic E-state index is 12.4. The van der Waals surface area contributed by atoms with E-state index in [0.29, 0.717) is 22.6 Å². The molecule has 2 N–H and O–H groups in total. The number of anilines is 2. The van der Waals surface area contributed by atoms with Gasteiger partial charge in [-0.25, -0.2) is 14.5 Å². The summed E-state index contributed by atoms with van der Waals surface area (Å²) in [5.74, 6) is -0.961. The van der Waals surface area contributed by atoms with E-state index in [1.54, 1.807) is 44.4 Å². The second kappa shape index (κ2) is 9.84. The monoisotopic (exact) mass is 454 g/mol. The van der Waals surface area contributed by atoms with Gasteiger partial charge < -0.3 is 10.1 Å². The minimum Gasteiger partial charge on any atom is -0.441 e. The average Bonchev–Trinajstić information content (AvgIpc) is 3.13. The molecule has 0 saturated heterocycles. The summed E-state index contributed by atoms with van der Waals surface area (Å²) >= 11 is 6.05. The number of hydrogen-bond acceptors (Lipinski definition) is 8. The van der Waals surface area contributed by atoms with Gasteiger partial charge in [0.25, 0.3) is 0 Å². The highest BCUT2D eigenvalue weighted by Gasteiger charge is 2.20. The third-order valence-electron chi connectivity index (χ3n) is 4.42. The van der Waals surface area contributed by atoms with Gasteiger partial charge in [-0.15, -0.1) is 5.10 Å². The smallest absolute Gasteiger partial charge is 0.413 e. The second-order valence-electron chi connectivity index (χ2n) is 6.74. The quantitative estimate of drug-likeness (QED) is 0.539. The van der Waals surface area contributed by atoms with E-state index < -0.39 is 24.0 Å². The lowest BCUT2D eigenvalue weighted by Crippen LogP contribution is -2.19. The van der Waals surface area contributed by atoms with Gasteiger partial charge in [0.1, 0.15) is 17.2 Å². The Kier molecular flexibility index (Phi) is 6.97. The molecule has 0 saturated carbocycles. The molecule has 3 rings (SSSR count). The summed E-state index contributed by atoms with van der Waals surface area (Å²) in [6.45, 7) is 3.17. The summed E-state index contributed by atoms with van der Waals surface area (Å²) in [4.78, 5) is 32.5. The first-order valence-corrected chi connectivity index (χ1v) is 9.82. The minimum atomic E-state index is -0.791. The lowest BCUT2D eigenvalue weighted by atomic mass is 10.2. The molecular formula is C20H19ClN8O3. The van der Waals surface area contributed by atoms with Crippen molar-refractivity contribution in [2.24, 2.45) is 13.0 Å². The summed E-state index contributed by atoms with van der Waals surface area (Å²) in [6, 6.07) is 8.48. The van der Waals surface area contributed by atoms with E-state index in [0.717, 1.165) is 0 Å². The van der Waals surface area contributed by atoms with Gasteiger partial charge in [-0.1, -0.05) is 22.9 Å². The Morgan fingerprint density at radius 1 is 1.22 bits per heavy atom. The summed E-state index contributed by atoms with van der Waals surface area (Å²) < 4.78 is 6.76. The number of aromatic nitrogens is 5. The molecular weight excluding hydrogens is 436 g/mol. The predicted molar refractivity (Wildman–Crippen MR) is 115 cm³/mol. The van der Waals surface area contributed by atoms with Crippen LogP contribution in [0.5, 0.6) is 0 Å². The van der Waals surface area contributed by atoms with Crippen molar-refractivity contribution >= 4 is 35.1 Å².